The van der Waals surface area contributed by atoms with Crippen LogP contribution in [0.3, 0.4) is 0 Å². The largest absolute Gasteiger partial charge is 0.378 e. The van der Waals surface area contributed by atoms with Gasteiger partial charge >= 0.3 is 0 Å². The third-order valence-electron chi connectivity index (χ3n) is 3.62. The number of aromatic amines is 1. The minimum absolute atomic E-state index is 0.0437. The first-order chi connectivity index (χ1) is 10.1. The van der Waals surface area contributed by atoms with Gasteiger partial charge in [-0.3, -0.25) is 9.69 Å². The van der Waals surface area contributed by atoms with Crippen molar-refractivity contribution in [2.24, 2.45) is 0 Å². The van der Waals surface area contributed by atoms with Crippen LogP contribution in [0.5, 0.6) is 0 Å². The van der Waals surface area contributed by atoms with E-state index in [1.165, 1.54) is 9.75 Å². The molecule has 112 valence electrons. The van der Waals surface area contributed by atoms with Crippen LogP contribution in [-0.4, -0.2) is 34.6 Å². The number of morpholine rings is 1. The Hall–Kier alpha value is -1.50. The zero-order chi connectivity index (χ0) is 14.8. The molecular formula is C15H19N3O2S. The van der Waals surface area contributed by atoms with Crippen molar-refractivity contribution < 1.29 is 4.74 Å². The van der Waals surface area contributed by atoms with Gasteiger partial charge in [-0.2, -0.15) is 0 Å². The highest BCUT2D eigenvalue weighted by atomic mass is 32.1. The monoisotopic (exact) mass is 305 g/mol. The number of nitrogens with one attached hydrogen (secondary N) is 1. The van der Waals surface area contributed by atoms with E-state index in [1.54, 1.807) is 6.07 Å². The Morgan fingerprint density at radius 3 is 3.05 bits per heavy atom. The third kappa shape index (κ3) is 3.40. The molecule has 2 aromatic heterocycles. The van der Waals surface area contributed by atoms with Crippen molar-refractivity contribution in [3.63, 3.8) is 0 Å². The van der Waals surface area contributed by atoms with Gasteiger partial charge in [0, 0.05) is 28.9 Å². The molecule has 1 aliphatic rings. The second-order valence-electron chi connectivity index (χ2n) is 5.33. The molecule has 0 spiro atoms. The van der Waals surface area contributed by atoms with Crippen LogP contribution < -0.4 is 5.56 Å². The van der Waals surface area contributed by atoms with E-state index >= 15 is 0 Å². The fourth-order valence-corrected chi connectivity index (χ4v) is 3.56. The van der Waals surface area contributed by atoms with E-state index in [1.807, 2.05) is 18.3 Å². The highest BCUT2D eigenvalue weighted by Crippen LogP contribution is 2.26. The average Bonchev–Trinajstić information content (AvgIpc) is 2.83. The average molecular weight is 305 g/mol. The minimum atomic E-state index is -0.102. The molecule has 3 heterocycles. The maximum absolute atomic E-state index is 11.7. The summed E-state index contributed by atoms with van der Waals surface area (Å²) in [6.45, 7) is 6.96. The van der Waals surface area contributed by atoms with Gasteiger partial charge in [0.15, 0.2) is 0 Å². The Balaban J connectivity index is 1.85. The second-order valence-corrected chi connectivity index (χ2v) is 6.70. The number of nitrogens with zero attached hydrogens (tertiary/aromatic N) is 2. The van der Waals surface area contributed by atoms with Gasteiger partial charge in [-0.25, -0.2) is 4.98 Å². The third-order valence-corrected chi connectivity index (χ3v) is 4.60. The van der Waals surface area contributed by atoms with Crippen molar-refractivity contribution in [3.8, 4) is 0 Å². The number of thiophene rings is 1. The van der Waals surface area contributed by atoms with Gasteiger partial charge in [0.05, 0.1) is 24.9 Å². The van der Waals surface area contributed by atoms with Crippen LogP contribution in [0, 0.1) is 13.8 Å². The highest BCUT2D eigenvalue weighted by molar-refractivity contribution is 7.11. The van der Waals surface area contributed by atoms with Gasteiger partial charge in [-0.05, 0) is 26.0 Å². The van der Waals surface area contributed by atoms with Crippen LogP contribution in [0.4, 0.5) is 0 Å². The topological polar surface area (TPSA) is 58.2 Å². The van der Waals surface area contributed by atoms with Crippen molar-refractivity contribution in [3.05, 3.63) is 49.8 Å². The lowest BCUT2D eigenvalue weighted by Gasteiger charge is -2.34. The zero-order valence-corrected chi connectivity index (χ0v) is 13.1. The summed E-state index contributed by atoms with van der Waals surface area (Å²) in [4.78, 5) is 23.8. The van der Waals surface area contributed by atoms with E-state index in [4.69, 9.17) is 4.74 Å². The first-order valence-corrected chi connectivity index (χ1v) is 7.88. The number of rotatable bonds is 3. The van der Waals surface area contributed by atoms with Crippen molar-refractivity contribution in [2.75, 3.05) is 19.8 Å². The first kappa shape index (κ1) is 14.4. The maximum atomic E-state index is 11.7. The quantitative estimate of drug-likeness (QED) is 0.942. The van der Waals surface area contributed by atoms with Gasteiger partial charge in [-0.15, -0.1) is 11.3 Å². The number of hydrogen-bond acceptors (Lipinski definition) is 5. The summed E-state index contributed by atoms with van der Waals surface area (Å²) in [5, 5.41) is 0. The van der Waals surface area contributed by atoms with Crippen molar-refractivity contribution >= 4 is 11.3 Å². The lowest BCUT2D eigenvalue weighted by atomic mass is 10.1. The molecule has 6 heteroatoms. The molecule has 3 rings (SSSR count). The van der Waals surface area contributed by atoms with E-state index in [2.05, 4.69) is 33.9 Å². The summed E-state index contributed by atoms with van der Waals surface area (Å²) in [5.41, 5.74) is 0.694. The smallest absolute Gasteiger partial charge is 0.251 e. The summed E-state index contributed by atoms with van der Waals surface area (Å²) < 4.78 is 5.60. The molecule has 1 aliphatic heterocycles. The molecule has 0 unspecified atom stereocenters. The van der Waals surface area contributed by atoms with Gasteiger partial charge in [-0.1, -0.05) is 0 Å². The van der Waals surface area contributed by atoms with Gasteiger partial charge in [0.2, 0.25) is 0 Å². The van der Waals surface area contributed by atoms with E-state index in [0.717, 1.165) is 25.4 Å². The Morgan fingerprint density at radius 1 is 1.48 bits per heavy atom. The number of aryl methyl sites for hydroxylation is 2. The Bertz CT molecular complexity index is 680. The molecule has 0 bridgehead atoms. The molecular weight excluding hydrogens is 286 g/mol. The molecule has 1 saturated heterocycles. The predicted molar refractivity (Wildman–Crippen MR) is 82.6 cm³/mol. The zero-order valence-electron chi connectivity index (χ0n) is 12.3. The lowest BCUT2D eigenvalue weighted by Crippen LogP contribution is -2.39. The molecule has 1 N–H and O–H groups in total. The van der Waals surface area contributed by atoms with Crippen molar-refractivity contribution in [1.82, 2.24) is 14.9 Å². The van der Waals surface area contributed by atoms with Gasteiger partial charge < -0.3 is 9.72 Å². The fourth-order valence-electron chi connectivity index (χ4n) is 2.64. The molecule has 21 heavy (non-hydrogen) atoms. The Kier molecular flexibility index (Phi) is 4.19. The summed E-state index contributed by atoms with van der Waals surface area (Å²) >= 11 is 1.81. The van der Waals surface area contributed by atoms with E-state index in [0.29, 0.717) is 12.4 Å². The predicted octanol–water partition coefficient (Wildman–Crippen LogP) is 2.02. The fraction of sp³-hybridized carbons (Fsp3) is 0.467. The SMILES string of the molecule is Cc1nc([C@@H]2COCCN2Cc2ccc(C)s2)cc(=O)[nH]1. The number of ether oxygens (including phenoxy) is 1. The number of aromatic nitrogens is 2. The van der Waals surface area contributed by atoms with Crippen LogP contribution in [0.25, 0.3) is 0 Å². The summed E-state index contributed by atoms with van der Waals surface area (Å²) in [6, 6.07) is 5.94. The van der Waals surface area contributed by atoms with Gasteiger partial charge in [0.25, 0.3) is 5.56 Å². The highest BCUT2D eigenvalue weighted by Gasteiger charge is 2.26. The second kappa shape index (κ2) is 6.09. The Labute approximate surface area is 127 Å². The maximum Gasteiger partial charge on any atom is 0.251 e. The molecule has 0 aliphatic carbocycles. The molecule has 0 saturated carbocycles. The van der Waals surface area contributed by atoms with Crippen LogP contribution in [0.1, 0.15) is 27.3 Å². The summed E-state index contributed by atoms with van der Waals surface area (Å²) in [5.74, 6) is 0.648. The van der Waals surface area contributed by atoms with Crippen LogP contribution in [-0.2, 0) is 11.3 Å². The van der Waals surface area contributed by atoms with Crippen molar-refractivity contribution in [2.45, 2.75) is 26.4 Å². The molecule has 2 aromatic rings. The first-order valence-electron chi connectivity index (χ1n) is 7.07. The van der Waals surface area contributed by atoms with Crippen LogP contribution >= 0.6 is 11.3 Å². The van der Waals surface area contributed by atoms with Crippen molar-refractivity contribution in [1.29, 1.82) is 0 Å². The van der Waals surface area contributed by atoms with E-state index < -0.39 is 0 Å². The summed E-state index contributed by atoms with van der Waals surface area (Å²) in [7, 11) is 0. The molecule has 5 nitrogen and oxygen atoms in total. The van der Waals surface area contributed by atoms with E-state index in [9.17, 15) is 4.79 Å². The van der Waals surface area contributed by atoms with Gasteiger partial charge in [0.1, 0.15) is 5.82 Å². The molecule has 1 fully saturated rings. The summed E-state index contributed by atoms with van der Waals surface area (Å²) in [6.07, 6.45) is 0. The Morgan fingerprint density at radius 2 is 2.33 bits per heavy atom. The number of hydrogen-bond donors (Lipinski definition) is 1. The lowest BCUT2D eigenvalue weighted by molar-refractivity contribution is -0.0139. The minimum Gasteiger partial charge on any atom is -0.378 e. The molecule has 1 atom stereocenters. The van der Waals surface area contributed by atoms with E-state index in [-0.39, 0.29) is 11.6 Å². The molecule has 0 aromatic carbocycles. The molecule has 0 radical (unpaired) electrons. The normalized spacial score (nSPS) is 19.8. The number of H-pyrrole nitrogens is 1. The molecule has 0 amide bonds. The van der Waals surface area contributed by atoms with Crippen LogP contribution in [0.15, 0.2) is 23.0 Å². The van der Waals surface area contributed by atoms with Crippen LogP contribution in [0.2, 0.25) is 0 Å². The standard InChI is InChI=1S/C15H19N3O2S/c1-10-3-4-12(21-10)8-18-5-6-20-9-14(18)13-7-15(19)17-11(2)16-13/h3-4,7,14H,5-6,8-9H2,1-2H3,(H,16,17,19)/t14-/m0/s1.